The molecular weight excluding hydrogens is 301 g/mol. The van der Waals surface area contributed by atoms with E-state index in [9.17, 15) is 4.39 Å². The van der Waals surface area contributed by atoms with E-state index in [1.807, 2.05) is 27.7 Å². The van der Waals surface area contributed by atoms with Crippen molar-refractivity contribution in [2.45, 2.75) is 73.6 Å². The fourth-order valence-corrected chi connectivity index (χ4v) is 2.05. The van der Waals surface area contributed by atoms with Gasteiger partial charge >= 0.3 is 0 Å². The third-order valence-electron chi connectivity index (χ3n) is 3.22. The molecule has 2 rings (SSSR count). The summed E-state index contributed by atoms with van der Waals surface area (Å²) in [4.78, 5) is 5.22. The smallest absolute Gasteiger partial charge is 0.127 e. The standard InChI is InChI=1S/C15H19NO.C3H8.C2H6.CH3F/c1-4-11(2)17-16-12(3)14-9-8-13-6-5-7-15(13)10-14;1-3-2;2*1-2/h8-10H,2,4-7H2,1,3H3;3H2,1-2H3;1-2H3;1H3/b16-12+;;;. The quantitative estimate of drug-likeness (QED) is 0.334. The first-order valence-corrected chi connectivity index (χ1v) is 9.01. The summed E-state index contributed by atoms with van der Waals surface area (Å²) in [5.74, 6) is 0.700. The average molecular weight is 338 g/mol. The minimum absolute atomic E-state index is 0.500. The first-order chi connectivity index (χ1) is 11.6. The highest BCUT2D eigenvalue weighted by Crippen LogP contribution is 2.23. The Balaban J connectivity index is 0. The molecule has 1 aliphatic rings. The maximum atomic E-state index is 9.50. The Labute approximate surface area is 148 Å². The van der Waals surface area contributed by atoms with Crippen LogP contribution >= 0.6 is 0 Å². The Morgan fingerprint density at radius 1 is 1.12 bits per heavy atom. The van der Waals surface area contributed by atoms with Gasteiger partial charge < -0.3 is 4.84 Å². The van der Waals surface area contributed by atoms with E-state index in [4.69, 9.17) is 4.84 Å². The first kappa shape index (κ1) is 24.6. The lowest BCUT2D eigenvalue weighted by molar-refractivity contribution is 0.221. The van der Waals surface area contributed by atoms with Crippen LogP contribution in [0.25, 0.3) is 0 Å². The van der Waals surface area contributed by atoms with Gasteiger partial charge in [0, 0.05) is 6.42 Å². The highest BCUT2D eigenvalue weighted by atomic mass is 19.1. The summed E-state index contributed by atoms with van der Waals surface area (Å²) in [6.07, 6.45) is 5.73. The third kappa shape index (κ3) is 9.49. The van der Waals surface area contributed by atoms with Gasteiger partial charge in [-0.3, -0.25) is 4.39 Å². The summed E-state index contributed by atoms with van der Waals surface area (Å²) < 4.78 is 9.50. The molecule has 0 saturated carbocycles. The molecule has 0 atom stereocenters. The number of nitrogens with zero attached hydrogens (tertiary/aromatic N) is 1. The minimum Gasteiger partial charge on any atom is -0.362 e. The fraction of sp³-hybridized carbons (Fsp3) is 0.571. The number of rotatable bonds is 4. The van der Waals surface area contributed by atoms with Crippen LogP contribution in [0.4, 0.5) is 4.39 Å². The van der Waals surface area contributed by atoms with Gasteiger partial charge in [-0.1, -0.05) is 64.9 Å². The molecule has 138 valence electrons. The summed E-state index contributed by atoms with van der Waals surface area (Å²) in [6, 6.07) is 6.58. The number of allylic oxidation sites excluding steroid dienone is 1. The zero-order chi connectivity index (χ0) is 19.0. The van der Waals surface area contributed by atoms with Crippen LogP contribution in [0.2, 0.25) is 0 Å². The molecule has 0 amide bonds. The van der Waals surface area contributed by atoms with Crippen molar-refractivity contribution in [1.29, 1.82) is 0 Å². The van der Waals surface area contributed by atoms with Crippen LogP contribution in [0, 0.1) is 0 Å². The average Bonchev–Trinajstić information content (AvgIpc) is 3.11. The van der Waals surface area contributed by atoms with E-state index in [-0.39, 0.29) is 0 Å². The van der Waals surface area contributed by atoms with Crippen molar-refractivity contribution in [1.82, 2.24) is 0 Å². The van der Waals surface area contributed by atoms with Crippen LogP contribution in [-0.4, -0.2) is 12.9 Å². The number of halogens is 1. The number of hydrogen-bond acceptors (Lipinski definition) is 2. The maximum absolute atomic E-state index is 9.50. The normalized spacial score (nSPS) is 11.6. The first-order valence-electron chi connectivity index (χ1n) is 9.01. The van der Waals surface area contributed by atoms with Crippen molar-refractivity contribution in [3.05, 3.63) is 47.2 Å². The summed E-state index contributed by atoms with van der Waals surface area (Å²) >= 11 is 0. The second-order valence-electron chi connectivity index (χ2n) is 5.20. The van der Waals surface area contributed by atoms with Crippen molar-refractivity contribution in [2.75, 3.05) is 7.18 Å². The van der Waals surface area contributed by atoms with Gasteiger partial charge in [-0.15, -0.1) is 0 Å². The van der Waals surface area contributed by atoms with E-state index >= 15 is 0 Å². The van der Waals surface area contributed by atoms with Crippen molar-refractivity contribution in [2.24, 2.45) is 5.16 Å². The van der Waals surface area contributed by atoms with Gasteiger partial charge in [0.15, 0.2) is 0 Å². The summed E-state index contributed by atoms with van der Waals surface area (Å²) in [5, 5.41) is 4.11. The lowest BCUT2D eigenvalue weighted by Gasteiger charge is -2.05. The second kappa shape index (κ2) is 16.2. The van der Waals surface area contributed by atoms with E-state index in [1.165, 1.54) is 36.8 Å². The molecule has 0 spiro atoms. The monoisotopic (exact) mass is 337 g/mol. The van der Waals surface area contributed by atoms with Crippen LogP contribution in [0.3, 0.4) is 0 Å². The van der Waals surface area contributed by atoms with Crippen LogP contribution in [-0.2, 0) is 17.7 Å². The molecule has 0 fully saturated rings. The Hall–Kier alpha value is -1.64. The Kier molecular flexibility index (Phi) is 16.6. The summed E-state index contributed by atoms with van der Waals surface area (Å²) in [7, 11) is 0.500. The SMILES string of the molecule is C=C(CC)O/N=C(\C)c1ccc2c(c1)CCC2.CC.CCC.CF. The number of benzene rings is 1. The number of aryl methyl sites for hydroxylation is 2. The molecule has 0 heterocycles. The molecule has 0 radical (unpaired) electrons. The van der Waals surface area contributed by atoms with E-state index in [1.54, 1.807) is 0 Å². The number of fused-ring (bicyclic) bond motifs is 1. The molecule has 0 aromatic heterocycles. The largest absolute Gasteiger partial charge is 0.362 e. The van der Waals surface area contributed by atoms with Crippen LogP contribution in [0.5, 0.6) is 0 Å². The van der Waals surface area contributed by atoms with Crippen molar-refractivity contribution >= 4 is 5.71 Å². The summed E-state index contributed by atoms with van der Waals surface area (Å²) in [6.45, 7) is 16.0. The molecule has 2 nitrogen and oxygen atoms in total. The van der Waals surface area contributed by atoms with Gasteiger partial charge in [-0.25, -0.2) is 0 Å². The van der Waals surface area contributed by atoms with E-state index in [0.717, 1.165) is 17.7 Å². The molecule has 1 aliphatic carbocycles. The lowest BCUT2D eigenvalue weighted by atomic mass is 10.0. The maximum Gasteiger partial charge on any atom is 0.127 e. The van der Waals surface area contributed by atoms with Gasteiger partial charge in [-0.05, 0) is 48.9 Å². The Morgan fingerprint density at radius 3 is 2.21 bits per heavy atom. The number of oxime groups is 1. The number of alkyl halides is 1. The minimum atomic E-state index is 0.500. The van der Waals surface area contributed by atoms with Gasteiger partial charge in [0.25, 0.3) is 0 Å². The molecule has 0 unspecified atom stereocenters. The van der Waals surface area contributed by atoms with Gasteiger partial charge in [0.1, 0.15) is 5.76 Å². The predicted octanol–water partition coefficient (Wildman–Crippen LogP) is 6.87. The lowest BCUT2D eigenvalue weighted by Crippen LogP contribution is -1.98. The topological polar surface area (TPSA) is 21.6 Å². The van der Waals surface area contributed by atoms with E-state index in [0.29, 0.717) is 12.9 Å². The van der Waals surface area contributed by atoms with Crippen LogP contribution < -0.4 is 0 Å². The van der Waals surface area contributed by atoms with Crippen LogP contribution in [0.1, 0.15) is 77.5 Å². The Morgan fingerprint density at radius 2 is 1.67 bits per heavy atom. The van der Waals surface area contributed by atoms with E-state index < -0.39 is 0 Å². The molecule has 0 saturated heterocycles. The third-order valence-corrected chi connectivity index (χ3v) is 3.22. The molecule has 0 bridgehead atoms. The molecule has 1 aromatic rings. The van der Waals surface area contributed by atoms with Crippen molar-refractivity contribution < 1.29 is 9.23 Å². The van der Waals surface area contributed by atoms with Gasteiger partial charge in [0.2, 0.25) is 0 Å². The molecular formula is C21H36FNO. The molecule has 1 aromatic carbocycles. The van der Waals surface area contributed by atoms with Gasteiger partial charge in [0.05, 0.1) is 12.9 Å². The molecule has 3 heteroatoms. The van der Waals surface area contributed by atoms with Gasteiger partial charge in [-0.2, -0.15) is 0 Å². The predicted molar refractivity (Wildman–Crippen MR) is 106 cm³/mol. The Bertz CT molecular complexity index is 481. The molecule has 0 N–H and O–H groups in total. The molecule has 24 heavy (non-hydrogen) atoms. The highest BCUT2D eigenvalue weighted by Gasteiger charge is 2.11. The summed E-state index contributed by atoms with van der Waals surface area (Å²) in [5.41, 5.74) is 5.01. The second-order valence-corrected chi connectivity index (χ2v) is 5.20. The van der Waals surface area contributed by atoms with Crippen LogP contribution in [0.15, 0.2) is 35.7 Å². The zero-order valence-electron chi connectivity index (χ0n) is 16.7. The van der Waals surface area contributed by atoms with Crippen molar-refractivity contribution in [3.63, 3.8) is 0 Å². The number of hydrogen-bond donors (Lipinski definition) is 0. The van der Waals surface area contributed by atoms with Crippen molar-refractivity contribution in [3.8, 4) is 0 Å². The zero-order valence-corrected chi connectivity index (χ0v) is 16.7. The van der Waals surface area contributed by atoms with E-state index in [2.05, 4.69) is 43.8 Å². The highest BCUT2D eigenvalue weighted by molar-refractivity contribution is 5.98. The fourth-order valence-electron chi connectivity index (χ4n) is 2.05. The molecule has 0 aliphatic heterocycles.